The molecular formula is C31H35ClN2O4. The second-order valence-electron chi connectivity index (χ2n) is 11.0. The molecule has 0 N–H and O–H groups in total. The van der Waals surface area contributed by atoms with Crippen molar-refractivity contribution in [3.8, 4) is 0 Å². The van der Waals surface area contributed by atoms with Crippen LogP contribution in [0.5, 0.6) is 0 Å². The largest absolute Gasteiger partial charge is 0.347 e. The van der Waals surface area contributed by atoms with E-state index in [4.69, 9.17) is 18.6 Å². The van der Waals surface area contributed by atoms with Gasteiger partial charge in [0.2, 0.25) is 5.69 Å². The number of para-hydroxylation sites is 2. The van der Waals surface area contributed by atoms with Gasteiger partial charge in [-0.2, -0.15) is 4.58 Å². The maximum absolute atomic E-state index is 8.49. The van der Waals surface area contributed by atoms with Gasteiger partial charge in [-0.3, -0.25) is 0 Å². The number of nitrogens with zero attached hydrogens (tertiary/aromatic N) is 2. The number of halogens is 1. The molecule has 7 heteroatoms. The molecule has 0 spiro atoms. The molecule has 2 aromatic carbocycles. The second kappa shape index (κ2) is 10.3. The van der Waals surface area contributed by atoms with E-state index in [9.17, 15) is 0 Å². The third kappa shape index (κ3) is 5.55. The molecule has 6 nitrogen and oxygen atoms in total. The fourth-order valence-electron chi connectivity index (χ4n) is 5.91. The van der Waals surface area contributed by atoms with Crippen molar-refractivity contribution in [2.45, 2.75) is 51.4 Å². The van der Waals surface area contributed by atoms with Gasteiger partial charge in [-0.25, -0.2) is 18.6 Å². The summed E-state index contributed by atoms with van der Waals surface area (Å²) in [5.74, 6) is 0. The van der Waals surface area contributed by atoms with Gasteiger partial charge < -0.3 is 4.90 Å². The van der Waals surface area contributed by atoms with Gasteiger partial charge in [0.15, 0.2) is 5.71 Å². The summed E-state index contributed by atoms with van der Waals surface area (Å²) in [5, 5.41) is 0. The van der Waals surface area contributed by atoms with Crippen molar-refractivity contribution in [3.63, 3.8) is 0 Å². The molecule has 2 aromatic rings. The molecule has 0 saturated carbocycles. The third-order valence-corrected chi connectivity index (χ3v) is 7.86. The van der Waals surface area contributed by atoms with Crippen molar-refractivity contribution in [1.82, 2.24) is 0 Å². The third-order valence-electron chi connectivity index (χ3n) is 7.86. The zero-order valence-corrected chi connectivity index (χ0v) is 23.6. The first kappa shape index (κ1) is 28.0. The van der Waals surface area contributed by atoms with Crippen LogP contribution in [-0.4, -0.2) is 24.4 Å². The zero-order chi connectivity index (χ0) is 27.9. The van der Waals surface area contributed by atoms with Gasteiger partial charge in [0.05, 0.1) is 5.41 Å². The molecule has 200 valence electrons. The summed E-state index contributed by atoms with van der Waals surface area (Å²) in [6.45, 7) is 9.31. The van der Waals surface area contributed by atoms with Crippen LogP contribution in [0, 0.1) is 10.2 Å². The average Bonchev–Trinajstić information content (AvgIpc) is 3.42. The summed E-state index contributed by atoms with van der Waals surface area (Å²) in [7, 11) is -0.572. The van der Waals surface area contributed by atoms with Gasteiger partial charge >= 0.3 is 0 Å². The Hall–Kier alpha value is -3.00. The number of fused-ring (bicyclic) bond motifs is 2. The normalized spacial score (nSPS) is 21.6. The highest BCUT2D eigenvalue weighted by molar-refractivity contribution is 6.03. The summed E-state index contributed by atoms with van der Waals surface area (Å²) in [6.07, 6.45) is 13.9. The quantitative estimate of drug-likeness (QED) is 0.563. The molecule has 0 bridgehead atoms. The van der Waals surface area contributed by atoms with Crippen molar-refractivity contribution >= 4 is 17.1 Å². The summed E-state index contributed by atoms with van der Waals surface area (Å²) in [6, 6.07) is 17.5. The van der Waals surface area contributed by atoms with E-state index in [0.717, 1.165) is 12.8 Å². The van der Waals surface area contributed by atoms with Crippen molar-refractivity contribution in [2.75, 3.05) is 19.0 Å². The van der Waals surface area contributed by atoms with Crippen LogP contribution in [-0.2, 0) is 10.8 Å². The Kier molecular flexibility index (Phi) is 7.58. The fourth-order valence-corrected chi connectivity index (χ4v) is 5.91. The Morgan fingerprint density at radius 3 is 2.05 bits per heavy atom. The Morgan fingerprint density at radius 2 is 1.42 bits per heavy atom. The summed E-state index contributed by atoms with van der Waals surface area (Å²) in [4.78, 5) is 2.35. The van der Waals surface area contributed by atoms with E-state index in [-0.39, 0.29) is 10.8 Å². The molecule has 3 aliphatic rings. The molecule has 0 fully saturated rings. The van der Waals surface area contributed by atoms with E-state index >= 15 is 0 Å². The smallest absolute Gasteiger partial charge is 0.209 e. The predicted octanol–water partition coefficient (Wildman–Crippen LogP) is 2.45. The Balaban J connectivity index is 0.000000617. The number of hydrogen-bond acceptors (Lipinski definition) is 5. The topological polar surface area (TPSA) is 98.5 Å². The second-order valence-corrected chi connectivity index (χ2v) is 11.8. The van der Waals surface area contributed by atoms with Crippen molar-refractivity contribution in [1.29, 1.82) is 0 Å². The molecule has 0 saturated heterocycles. The molecule has 2 heterocycles. The minimum absolute atomic E-state index is 0.0255. The van der Waals surface area contributed by atoms with Crippen LogP contribution in [0.1, 0.15) is 51.7 Å². The highest BCUT2D eigenvalue weighted by Crippen LogP contribution is 2.46. The van der Waals surface area contributed by atoms with Gasteiger partial charge in [0, 0.05) is 41.6 Å². The van der Waals surface area contributed by atoms with E-state index < -0.39 is 10.2 Å². The Morgan fingerprint density at radius 1 is 0.816 bits per heavy atom. The Bertz CT molecular complexity index is 1380. The van der Waals surface area contributed by atoms with Gasteiger partial charge in [0.1, 0.15) is 7.05 Å². The minimum atomic E-state index is -4.94. The van der Waals surface area contributed by atoms with Crippen LogP contribution in [0.15, 0.2) is 95.8 Å². The molecule has 38 heavy (non-hydrogen) atoms. The highest BCUT2D eigenvalue weighted by Gasteiger charge is 2.42. The summed E-state index contributed by atoms with van der Waals surface area (Å²) in [5.41, 5.74) is 11.0. The first-order chi connectivity index (χ1) is 17.7. The van der Waals surface area contributed by atoms with Crippen molar-refractivity contribution in [3.05, 3.63) is 107 Å². The Labute approximate surface area is 227 Å². The maximum Gasteiger partial charge on any atom is 0.209 e. The molecular weight excluding hydrogens is 500 g/mol. The van der Waals surface area contributed by atoms with Gasteiger partial charge in [-0.15, -0.1) is 10.2 Å². The van der Waals surface area contributed by atoms with Gasteiger partial charge in [-0.05, 0) is 55.5 Å². The van der Waals surface area contributed by atoms with Crippen LogP contribution in [0.2, 0.25) is 0 Å². The van der Waals surface area contributed by atoms with E-state index in [1.165, 1.54) is 45.1 Å². The molecule has 0 aromatic heterocycles. The first-order valence-electron chi connectivity index (χ1n) is 12.7. The average molecular weight is 535 g/mol. The first-order valence-corrected chi connectivity index (χ1v) is 13.9. The fraction of sp³-hybridized carbons (Fsp3) is 0.323. The number of likely N-dealkylation sites (N-methyl/N-ethyl adjacent to an activating group) is 1. The molecule has 0 unspecified atom stereocenters. The molecule has 0 amide bonds. The molecule has 5 rings (SSSR count). The summed E-state index contributed by atoms with van der Waals surface area (Å²) >= 11 is 0. The lowest BCUT2D eigenvalue weighted by atomic mass is 9.81. The monoisotopic (exact) mass is 534 g/mol. The predicted molar refractivity (Wildman–Crippen MR) is 141 cm³/mol. The lowest BCUT2D eigenvalue weighted by Gasteiger charge is -2.23. The molecule has 0 atom stereocenters. The van der Waals surface area contributed by atoms with E-state index in [0.29, 0.717) is 0 Å². The molecule has 2 aliphatic heterocycles. The number of rotatable bonds is 3. The number of allylic oxidation sites excluding steroid dienone is 8. The highest BCUT2D eigenvalue weighted by atomic mass is 35.7. The maximum atomic E-state index is 8.49. The van der Waals surface area contributed by atoms with Crippen molar-refractivity contribution in [2.24, 2.45) is 0 Å². The number of benzene rings is 2. The minimum Gasteiger partial charge on any atom is -0.347 e. The van der Waals surface area contributed by atoms with Gasteiger partial charge in [0.25, 0.3) is 0 Å². The van der Waals surface area contributed by atoms with Crippen LogP contribution in [0.3, 0.4) is 0 Å². The zero-order valence-electron chi connectivity index (χ0n) is 22.8. The lowest BCUT2D eigenvalue weighted by Crippen LogP contribution is -2.68. The van der Waals surface area contributed by atoms with E-state index in [1.54, 1.807) is 0 Å². The molecule has 0 radical (unpaired) electrons. The van der Waals surface area contributed by atoms with Crippen molar-refractivity contribution < 1.29 is 33.5 Å². The number of hydrogen-bond donors (Lipinski definition) is 0. The van der Waals surface area contributed by atoms with E-state index in [2.05, 4.69) is 130 Å². The SMILES string of the molecule is CN1/C(=C/C=C2C=C(/C=C/C3=[N+](C)c4ccccc4C3(C)C)CC/2)C(C)(C)c2ccccc21.[O-][Cl+3]([O-])([O-])[O-]. The standard InChI is InChI=1S/C31H35N2.ClHO4/c1-30(2)24-11-7-9-13-26(24)32(5)28(30)19-17-22-15-16-23(21-22)18-20-29-31(3,4)25-12-8-10-14-27(25)33(29)6;2-1(3,4)5/h7-14,17-21H,15-16H2,1-6H3;(H,2,3,4,5)/q+1;/p-1. The van der Waals surface area contributed by atoms with Crippen LogP contribution >= 0.6 is 0 Å². The van der Waals surface area contributed by atoms with Crippen LogP contribution in [0.25, 0.3) is 0 Å². The van der Waals surface area contributed by atoms with Crippen LogP contribution < -0.4 is 23.5 Å². The van der Waals surface area contributed by atoms with E-state index in [1.807, 2.05) is 0 Å². The lowest BCUT2D eigenvalue weighted by molar-refractivity contribution is -2.00. The number of anilines is 1. The van der Waals surface area contributed by atoms with Crippen LogP contribution in [0.4, 0.5) is 11.4 Å². The summed E-state index contributed by atoms with van der Waals surface area (Å²) < 4.78 is 36.3. The van der Waals surface area contributed by atoms with Gasteiger partial charge in [-0.1, -0.05) is 68.5 Å². The molecule has 1 aliphatic carbocycles.